The highest BCUT2D eigenvalue weighted by molar-refractivity contribution is 7.88. The molecule has 1 aliphatic heterocycles. The Bertz CT molecular complexity index is 1050. The molecule has 1 atom stereocenters. The summed E-state index contributed by atoms with van der Waals surface area (Å²) in [5.41, 5.74) is 1.96. The molecule has 180 valence electrons. The molecule has 8 heteroatoms. The van der Waals surface area contributed by atoms with E-state index in [0.717, 1.165) is 5.75 Å². The van der Waals surface area contributed by atoms with E-state index >= 15 is 0 Å². The average molecular weight is 493 g/mol. The maximum atomic E-state index is 12.9. The maximum Gasteiger partial charge on any atom is 0.224 e. The van der Waals surface area contributed by atoms with E-state index in [2.05, 4.69) is 26.1 Å². The summed E-state index contributed by atoms with van der Waals surface area (Å²) < 4.78 is 32.9. The molecule has 0 saturated carbocycles. The van der Waals surface area contributed by atoms with E-state index in [0.29, 0.717) is 43.1 Å². The van der Waals surface area contributed by atoms with Crippen LogP contribution >= 0.6 is 11.6 Å². The second-order valence-electron chi connectivity index (χ2n) is 9.50. The van der Waals surface area contributed by atoms with Crippen molar-refractivity contribution in [2.45, 2.75) is 44.8 Å². The Morgan fingerprint density at radius 2 is 1.91 bits per heavy atom. The van der Waals surface area contributed by atoms with Crippen LogP contribution in [0.1, 0.15) is 44.7 Å². The Kier molecular flexibility index (Phi) is 8.43. The van der Waals surface area contributed by atoms with Crippen LogP contribution in [0.15, 0.2) is 48.5 Å². The number of sulfonamides is 1. The molecule has 1 N–H and O–H groups in total. The van der Waals surface area contributed by atoms with Crippen molar-refractivity contribution in [3.05, 3.63) is 64.7 Å². The molecular weight excluding hydrogens is 460 g/mol. The van der Waals surface area contributed by atoms with Crippen molar-refractivity contribution in [3.63, 3.8) is 0 Å². The fourth-order valence-electron chi connectivity index (χ4n) is 3.88. The van der Waals surface area contributed by atoms with E-state index in [1.54, 1.807) is 24.3 Å². The van der Waals surface area contributed by atoms with Crippen molar-refractivity contribution in [1.29, 1.82) is 0 Å². The Morgan fingerprint density at radius 1 is 1.18 bits per heavy atom. The summed E-state index contributed by atoms with van der Waals surface area (Å²) in [5, 5.41) is 3.39. The van der Waals surface area contributed by atoms with Crippen LogP contribution in [0, 0.1) is 5.92 Å². The molecule has 0 aromatic heterocycles. The fourth-order valence-corrected chi connectivity index (χ4v) is 5.69. The lowest BCUT2D eigenvalue weighted by molar-refractivity contribution is -0.126. The number of halogens is 1. The number of rotatable bonds is 8. The van der Waals surface area contributed by atoms with Gasteiger partial charge in [-0.1, -0.05) is 56.6 Å². The number of hydrogen-bond acceptors (Lipinski definition) is 4. The maximum absolute atomic E-state index is 12.9. The van der Waals surface area contributed by atoms with Gasteiger partial charge in [0.15, 0.2) is 0 Å². The largest absolute Gasteiger partial charge is 0.492 e. The summed E-state index contributed by atoms with van der Waals surface area (Å²) in [4.78, 5) is 12.6. The number of hydrogen-bond donors (Lipinski definition) is 1. The second kappa shape index (κ2) is 10.9. The van der Waals surface area contributed by atoms with Crippen molar-refractivity contribution in [3.8, 4) is 5.75 Å². The number of benzene rings is 2. The third-order valence-corrected chi connectivity index (χ3v) is 7.83. The first-order valence-electron chi connectivity index (χ1n) is 11.3. The first kappa shape index (κ1) is 25.5. The summed E-state index contributed by atoms with van der Waals surface area (Å²) in [6.45, 7) is 7.83. The van der Waals surface area contributed by atoms with Crippen molar-refractivity contribution in [2.24, 2.45) is 5.92 Å². The molecule has 1 unspecified atom stereocenters. The second-order valence-corrected chi connectivity index (χ2v) is 11.9. The Hall–Kier alpha value is -2.09. The van der Waals surface area contributed by atoms with E-state index in [1.165, 1.54) is 9.87 Å². The number of carbonyl (C=O) groups excluding carboxylic acids is 1. The predicted molar refractivity (Wildman–Crippen MR) is 132 cm³/mol. The fraction of sp³-hybridized carbons (Fsp3) is 0.480. The molecule has 2 aromatic rings. The Balaban J connectivity index is 1.46. The molecule has 0 radical (unpaired) electrons. The zero-order valence-electron chi connectivity index (χ0n) is 19.5. The van der Waals surface area contributed by atoms with Crippen LogP contribution in [-0.4, -0.2) is 44.9 Å². The van der Waals surface area contributed by atoms with Crippen LogP contribution in [0.2, 0.25) is 5.02 Å². The minimum atomic E-state index is -3.52. The van der Waals surface area contributed by atoms with Gasteiger partial charge in [0.2, 0.25) is 15.9 Å². The molecule has 2 aromatic carbocycles. The van der Waals surface area contributed by atoms with Gasteiger partial charge in [-0.2, -0.15) is 0 Å². The summed E-state index contributed by atoms with van der Waals surface area (Å²) in [7, 11) is -3.52. The Morgan fingerprint density at radius 3 is 2.58 bits per heavy atom. The summed E-state index contributed by atoms with van der Waals surface area (Å²) in [6.07, 6.45) is 1.33. The van der Waals surface area contributed by atoms with Crippen LogP contribution < -0.4 is 10.1 Å². The van der Waals surface area contributed by atoms with Crippen LogP contribution in [0.5, 0.6) is 5.75 Å². The molecule has 1 fully saturated rings. The van der Waals surface area contributed by atoms with Crippen LogP contribution in [0.4, 0.5) is 0 Å². The molecule has 0 aliphatic carbocycles. The van der Waals surface area contributed by atoms with Gasteiger partial charge in [0, 0.05) is 18.1 Å². The normalized spacial score (nSPS) is 17.5. The molecule has 6 nitrogen and oxygen atoms in total. The highest BCUT2D eigenvalue weighted by Gasteiger charge is 2.32. The third-order valence-electron chi connectivity index (χ3n) is 5.78. The molecule has 1 amide bonds. The minimum Gasteiger partial charge on any atom is -0.492 e. The molecular formula is C25H33ClN2O4S. The van der Waals surface area contributed by atoms with Gasteiger partial charge in [-0.05, 0) is 53.6 Å². The average Bonchev–Trinajstić information content (AvgIpc) is 2.76. The first-order valence-corrected chi connectivity index (χ1v) is 13.3. The predicted octanol–water partition coefficient (Wildman–Crippen LogP) is 4.37. The number of carbonyl (C=O) groups is 1. The van der Waals surface area contributed by atoms with Crippen LogP contribution in [0.3, 0.4) is 0 Å². The monoisotopic (exact) mass is 492 g/mol. The molecule has 0 spiro atoms. The first-order chi connectivity index (χ1) is 15.5. The van der Waals surface area contributed by atoms with E-state index in [1.807, 2.05) is 24.3 Å². The lowest BCUT2D eigenvalue weighted by Crippen LogP contribution is -2.46. The van der Waals surface area contributed by atoms with Gasteiger partial charge in [0.25, 0.3) is 0 Å². The molecule has 1 heterocycles. The van der Waals surface area contributed by atoms with Gasteiger partial charge in [-0.3, -0.25) is 4.79 Å². The van der Waals surface area contributed by atoms with Crippen molar-refractivity contribution in [2.75, 3.05) is 26.2 Å². The minimum absolute atomic E-state index is 0.0853. The number of ether oxygens (including phenoxy) is 1. The van der Waals surface area contributed by atoms with Gasteiger partial charge in [-0.25, -0.2) is 12.7 Å². The van der Waals surface area contributed by atoms with E-state index in [4.69, 9.17) is 16.3 Å². The summed E-state index contributed by atoms with van der Waals surface area (Å²) in [6, 6.07) is 14.8. The lowest BCUT2D eigenvalue weighted by Gasteiger charge is -2.31. The van der Waals surface area contributed by atoms with Crippen LogP contribution in [0.25, 0.3) is 0 Å². The van der Waals surface area contributed by atoms with Gasteiger partial charge in [0.1, 0.15) is 12.4 Å². The highest BCUT2D eigenvalue weighted by atomic mass is 35.5. The van der Waals surface area contributed by atoms with E-state index < -0.39 is 10.0 Å². The third kappa shape index (κ3) is 7.45. The summed E-state index contributed by atoms with van der Waals surface area (Å²) >= 11 is 5.98. The highest BCUT2D eigenvalue weighted by Crippen LogP contribution is 2.25. The summed E-state index contributed by atoms with van der Waals surface area (Å²) in [5.74, 6) is 0.139. The van der Waals surface area contributed by atoms with Crippen LogP contribution in [-0.2, 0) is 26.0 Å². The van der Waals surface area contributed by atoms with Gasteiger partial charge < -0.3 is 10.1 Å². The van der Waals surface area contributed by atoms with Crippen molar-refractivity contribution >= 4 is 27.5 Å². The van der Waals surface area contributed by atoms with Gasteiger partial charge in [-0.15, -0.1) is 0 Å². The van der Waals surface area contributed by atoms with Gasteiger partial charge in [0.05, 0.1) is 18.2 Å². The SMILES string of the molecule is CC(C)(C)c1ccc(OCCNC(=O)C2CCCN(S(=O)(=O)Cc3cccc(Cl)c3)C2)cc1. The molecule has 1 saturated heterocycles. The number of nitrogens with one attached hydrogen (secondary N) is 1. The van der Waals surface area contributed by atoms with Gasteiger partial charge >= 0.3 is 0 Å². The quantitative estimate of drug-likeness (QED) is 0.555. The van der Waals surface area contributed by atoms with Crippen molar-refractivity contribution < 1.29 is 17.9 Å². The molecule has 33 heavy (non-hydrogen) atoms. The van der Waals surface area contributed by atoms with E-state index in [9.17, 15) is 13.2 Å². The zero-order chi connectivity index (χ0) is 24.1. The molecule has 1 aliphatic rings. The number of amides is 1. The van der Waals surface area contributed by atoms with Crippen molar-refractivity contribution in [1.82, 2.24) is 9.62 Å². The number of piperidine rings is 1. The number of nitrogens with zero attached hydrogens (tertiary/aromatic N) is 1. The zero-order valence-corrected chi connectivity index (χ0v) is 21.1. The Labute approximate surface area is 202 Å². The smallest absolute Gasteiger partial charge is 0.224 e. The lowest BCUT2D eigenvalue weighted by atomic mass is 9.87. The standard InChI is InChI=1S/C25H33ClN2O4S/c1-25(2,3)21-9-11-23(12-10-21)32-15-13-27-24(29)20-7-5-14-28(17-20)33(30,31)18-19-6-4-8-22(26)16-19/h4,6,8-12,16,20H,5,7,13-15,17-18H2,1-3H3,(H,27,29). The topological polar surface area (TPSA) is 75.7 Å². The van der Waals surface area contributed by atoms with E-state index in [-0.39, 0.29) is 29.5 Å². The molecule has 0 bridgehead atoms. The molecule has 3 rings (SSSR count).